The van der Waals surface area contributed by atoms with E-state index in [9.17, 15) is 38.5 Å². The number of nitrogens with two attached hydrogens (primary N) is 1. The van der Waals surface area contributed by atoms with Gasteiger partial charge in [-0.15, -0.1) is 0 Å². The summed E-state index contributed by atoms with van der Waals surface area (Å²) in [7, 11) is -16.9. The maximum absolute atomic E-state index is 12.0. The number of anilines is 1. The summed E-state index contributed by atoms with van der Waals surface area (Å²) in [6.07, 6.45) is -3.57. The molecule has 188 valence electrons. The van der Waals surface area contributed by atoms with Crippen molar-refractivity contribution in [3.63, 3.8) is 0 Å². The highest BCUT2D eigenvalue weighted by atomic mass is 31.3. The first kappa shape index (κ1) is 27.9. The minimum Gasteiger partial charge on any atom is -0.388 e. The van der Waals surface area contributed by atoms with Crippen molar-refractivity contribution in [2.24, 2.45) is 4.99 Å². The highest BCUT2D eigenvalue weighted by Crippen LogP contribution is 2.66. The monoisotopic (exact) mass is 538 g/mol. The Kier molecular flexibility index (Phi) is 8.53. The molecular weight excluding hydrogens is 517 g/mol. The van der Waals surface area contributed by atoms with Crippen LogP contribution >= 0.6 is 23.5 Å². The molecule has 0 radical (unpaired) electrons. The summed E-state index contributed by atoms with van der Waals surface area (Å²) < 4.78 is 52.4. The zero-order valence-electron chi connectivity index (χ0n) is 16.4. The molecular formula is C12H21N4O14P3. The van der Waals surface area contributed by atoms with Crippen LogP contribution in [0.3, 0.4) is 0 Å². The lowest BCUT2D eigenvalue weighted by Gasteiger charge is -2.30. The average Bonchev–Trinajstić information content (AvgIpc) is 2.85. The fraction of sp³-hybridized carbons (Fsp3) is 0.583. The minimum atomic E-state index is -5.77. The van der Waals surface area contributed by atoms with Gasteiger partial charge in [0.15, 0.2) is 0 Å². The molecule has 0 amide bonds. The van der Waals surface area contributed by atoms with Crippen molar-refractivity contribution in [3.05, 3.63) is 22.7 Å². The Morgan fingerprint density at radius 3 is 2.39 bits per heavy atom. The number of nitrogen functional groups attached to an aromatic ring is 1. The molecule has 6 atom stereocenters. The van der Waals surface area contributed by atoms with Gasteiger partial charge in [-0.05, 0) is 12.8 Å². The third-order valence-electron chi connectivity index (χ3n) is 4.17. The third-order valence-corrected chi connectivity index (χ3v) is 7.95. The number of phosphoric acid groups is 3. The second-order valence-electron chi connectivity index (χ2n) is 6.69. The summed E-state index contributed by atoms with van der Waals surface area (Å²) in [4.78, 5) is 54.8. The summed E-state index contributed by atoms with van der Waals surface area (Å²) in [5.74, 6) is -0.0645. The number of aliphatic imine (C=N–C) groups is 1. The van der Waals surface area contributed by atoms with Gasteiger partial charge in [0.1, 0.15) is 29.7 Å². The van der Waals surface area contributed by atoms with Gasteiger partial charge in [0, 0.05) is 6.20 Å². The predicted octanol–water partition coefficient (Wildman–Crippen LogP) is -2.27. The summed E-state index contributed by atoms with van der Waals surface area (Å²) >= 11 is 0. The maximum atomic E-state index is 12.0. The second-order valence-corrected chi connectivity index (χ2v) is 11.1. The number of aliphatic hydroxyl groups is 2. The first-order valence-corrected chi connectivity index (χ1v) is 13.1. The molecule has 1 aromatic heterocycles. The van der Waals surface area contributed by atoms with Crippen LogP contribution in [0.5, 0.6) is 0 Å². The number of aromatic nitrogens is 2. The molecule has 0 bridgehead atoms. The van der Waals surface area contributed by atoms with Crippen molar-refractivity contribution >= 4 is 36.0 Å². The lowest BCUT2D eigenvalue weighted by Crippen LogP contribution is -2.49. The van der Waals surface area contributed by atoms with E-state index >= 15 is 0 Å². The number of phosphoric ester groups is 1. The Bertz CT molecular complexity index is 1080. The van der Waals surface area contributed by atoms with E-state index in [4.69, 9.17) is 20.3 Å². The fourth-order valence-corrected chi connectivity index (χ4v) is 5.93. The first-order valence-electron chi connectivity index (χ1n) is 8.57. The third kappa shape index (κ3) is 7.56. The van der Waals surface area contributed by atoms with Crippen LogP contribution in [-0.2, 0) is 38.1 Å². The largest absolute Gasteiger partial charge is 0.490 e. The SMILES string of the molecule is C=NC[C@]1(COP(=O)(O)OP(=O)(O)OP(=O)(O)O)O[C@@H](Cn2ccc(N)nc2=O)[C@H](O)[C@@H]1O. The molecule has 0 saturated carbocycles. The number of hydrogen-bond donors (Lipinski definition) is 7. The first-order chi connectivity index (χ1) is 15.0. The number of ether oxygens (including phenoxy) is 1. The van der Waals surface area contributed by atoms with Gasteiger partial charge in [0.25, 0.3) is 0 Å². The summed E-state index contributed by atoms with van der Waals surface area (Å²) in [6, 6.07) is 1.28. The molecule has 1 fully saturated rings. The molecule has 2 heterocycles. The van der Waals surface area contributed by atoms with E-state index in [1.54, 1.807) is 0 Å². The zero-order chi connectivity index (χ0) is 25.2. The van der Waals surface area contributed by atoms with E-state index in [-0.39, 0.29) is 12.4 Å². The topological polar surface area (TPSA) is 283 Å². The Balaban J connectivity index is 2.18. The van der Waals surface area contributed by atoms with Gasteiger partial charge in [-0.2, -0.15) is 13.6 Å². The van der Waals surface area contributed by atoms with Crippen molar-refractivity contribution in [1.82, 2.24) is 9.55 Å². The maximum Gasteiger partial charge on any atom is 0.490 e. The van der Waals surface area contributed by atoms with Crippen molar-refractivity contribution in [2.45, 2.75) is 30.5 Å². The molecule has 1 aliphatic rings. The minimum absolute atomic E-state index is 0.0645. The average molecular weight is 538 g/mol. The van der Waals surface area contributed by atoms with Gasteiger partial charge in [-0.1, -0.05) is 0 Å². The smallest absolute Gasteiger partial charge is 0.388 e. The van der Waals surface area contributed by atoms with Crippen LogP contribution in [0.2, 0.25) is 0 Å². The zero-order valence-corrected chi connectivity index (χ0v) is 19.1. The Hall–Kier alpha value is -1.36. The lowest BCUT2D eigenvalue weighted by molar-refractivity contribution is -0.104. The molecule has 1 saturated heterocycles. The van der Waals surface area contributed by atoms with Gasteiger partial charge in [-0.3, -0.25) is 14.1 Å². The van der Waals surface area contributed by atoms with E-state index in [1.165, 1.54) is 12.3 Å². The van der Waals surface area contributed by atoms with Crippen LogP contribution in [0.25, 0.3) is 0 Å². The van der Waals surface area contributed by atoms with Crippen molar-refractivity contribution < 1.29 is 61.4 Å². The van der Waals surface area contributed by atoms with Crippen molar-refractivity contribution in [3.8, 4) is 0 Å². The Labute approximate surface area is 184 Å². The van der Waals surface area contributed by atoms with Crippen LogP contribution in [-0.4, -0.2) is 83.1 Å². The van der Waals surface area contributed by atoms with E-state index in [1.807, 2.05) is 0 Å². The van der Waals surface area contributed by atoms with Gasteiger partial charge in [0.05, 0.1) is 19.7 Å². The van der Waals surface area contributed by atoms with Crippen LogP contribution in [0.1, 0.15) is 0 Å². The van der Waals surface area contributed by atoms with E-state index < -0.39 is 66.2 Å². The van der Waals surface area contributed by atoms with Crippen LogP contribution in [0, 0.1) is 0 Å². The number of rotatable bonds is 11. The normalized spacial score (nSPS) is 29.3. The van der Waals surface area contributed by atoms with Crippen LogP contribution in [0.4, 0.5) is 5.82 Å². The Morgan fingerprint density at radius 2 is 1.85 bits per heavy atom. The van der Waals surface area contributed by atoms with E-state index in [2.05, 4.69) is 29.8 Å². The van der Waals surface area contributed by atoms with Gasteiger partial charge < -0.3 is 40.3 Å². The van der Waals surface area contributed by atoms with E-state index in [0.717, 1.165) is 4.57 Å². The van der Waals surface area contributed by atoms with Gasteiger partial charge >= 0.3 is 29.2 Å². The molecule has 0 aromatic carbocycles. The molecule has 0 aliphatic carbocycles. The molecule has 1 aliphatic heterocycles. The highest BCUT2D eigenvalue weighted by Gasteiger charge is 2.55. The van der Waals surface area contributed by atoms with E-state index in [0.29, 0.717) is 0 Å². The molecule has 8 N–H and O–H groups in total. The molecule has 2 unspecified atom stereocenters. The Morgan fingerprint density at radius 1 is 1.21 bits per heavy atom. The number of aliphatic hydroxyl groups excluding tert-OH is 2. The summed E-state index contributed by atoms with van der Waals surface area (Å²) in [5, 5.41) is 20.8. The quantitative estimate of drug-likeness (QED) is 0.115. The highest BCUT2D eigenvalue weighted by molar-refractivity contribution is 7.66. The molecule has 0 spiro atoms. The summed E-state index contributed by atoms with van der Waals surface area (Å²) in [6.45, 7) is 1.21. The lowest BCUT2D eigenvalue weighted by atomic mass is 9.95. The molecule has 1 aromatic rings. The van der Waals surface area contributed by atoms with Gasteiger partial charge in [0.2, 0.25) is 0 Å². The molecule has 2 rings (SSSR count). The number of nitrogens with zero attached hydrogens (tertiary/aromatic N) is 3. The molecule has 33 heavy (non-hydrogen) atoms. The molecule has 18 nitrogen and oxygen atoms in total. The summed E-state index contributed by atoms with van der Waals surface area (Å²) in [5.41, 5.74) is 2.54. The number of hydrogen-bond acceptors (Lipinski definition) is 13. The van der Waals surface area contributed by atoms with Crippen LogP contribution in [0.15, 0.2) is 22.1 Å². The second kappa shape index (κ2) is 10.1. The van der Waals surface area contributed by atoms with Crippen molar-refractivity contribution in [1.29, 1.82) is 0 Å². The standard InChI is InChI=1S/C12H21N4O14P3/c1-14-5-12(6-27-32(23,24)30-33(25,26)29-31(20,21)22)10(18)9(17)7(28-12)4-16-3-2-8(13)15-11(16)19/h2-3,7,9-10,17-18H,1,4-6H2,(H,23,24)(H,25,26)(H2,13,15,19)(H2,20,21,22)/t7-,9-,10-,12+/m0/s1. The predicted molar refractivity (Wildman–Crippen MR) is 107 cm³/mol. The van der Waals surface area contributed by atoms with Crippen molar-refractivity contribution in [2.75, 3.05) is 18.9 Å². The molecule has 21 heteroatoms. The van der Waals surface area contributed by atoms with Gasteiger partial charge in [-0.25, -0.2) is 18.5 Å². The van der Waals surface area contributed by atoms with Crippen LogP contribution < -0.4 is 11.4 Å². The fourth-order valence-electron chi connectivity index (χ4n) is 2.85.